The van der Waals surface area contributed by atoms with Crippen LogP contribution in [0.5, 0.6) is 0 Å². The van der Waals surface area contributed by atoms with Gasteiger partial charge in [0.2, 0.25) is 0 Å². The average molecular weight is 294 g/mol. The summed E-state index contributed by atoms with van der Waals surface area (Å²) in [4.78, 5) is 6.18. The van der Waals surface area contributed by atoms with Crippen LogP contribution in [0.15, 0.2) is 60.7 Å². The van der Waals surface area contributed by atoms with Gasteiger partial charge in [-0.2, -0.15) is 0 Å². The van der Waals surface area contributed by atoms with E-state index in [-0.39, 0.29) is 0 Å². The number of nitrogens with one attached hydrogen (secondary N) is 1. The SMILES string of the molecule is CCNCc1sc(-c2ccccc2)nc1-c1ccccc1. The van der Waals surface area contributed by atoms with Crippen LogP contribution in [-0.2, 0) is 6.54 Å². The summed E-state index contributed by atoms with van der Waals surface area (Å²) in [7, 11) is 0. The third-order valence-electron chi connectivity index (χ3n) is 3.30. The number of thiazole rings is 1. The number of benzene rings is 2. The predicted octanol–water partition coefficient (Wildman–Crippen LogP) is 4.59. The molecule has 0 aliphatic carbocycles. The first kappa shape index (κ1) is 14.0. The molecule has 0 saturated heterocycles. The highest BCUT2D eigenvalue weighted by Gasteiger charge is 2.13. The quantitative estimate of drug-likeness (QED) is 0.744. The summed E-state index contributed by atoms with van der Waals surface area (Å²) < 4.78 is 0. The highest BCUT2D eigenvalue weighted by Crippen LogP contribution is 2.33. The molecule has 0 saturated carbocycles. The molecule has 0 fully saturated rings. The molecule has 0 unspecified atom stereocenters. The van der Waals surface area contributed by atoms with Gasteiger partial charge in [-0.1, -0.05) is 67.6 Å². The predicted molar refractivity (Wildman–Crippen MR) is 90.4 cm³/mol. The van der Waals surface area contributed by atoms with Crippen molar-refractivity contribution in [3.05, 3.63) is 65.5 Å². The van der Waals surface area contributed by atoms with E-state index in [0.29, 0.717) is 0 Å². The standard InChI is InChI=1S/C18H18N2S/c1-2-19-13-16-17(14-9-5-3-6-10-14)20-18(21-16)15-11-7-4-8-12-15/h3-12,19H,2,13H2,1H3. The monoisotopic (exact) mass is 294 g/mol. The maximum atomic E-state index is 4.88. The summed E-state index contributed by atoms with van der Waals surface area (Å²) in [5, 5.41) is 4.50. The Bertz CT molecular complexity index is 690. The van der Waals surface area contributed by atoms with Crippen molar-refractivity contribution < 1.29 is 0 Å². The van der Waals surface area contributed by atoms with Gasteiger partial charge in [0.05, 0.1) is 5.69 Å². The molecule has 1 aromatic heterocycles. The molecule has 1 N–H and O–H groups in total. The number of rotatable bonds is 5. The Hall–Kier alpha value is -1.97. The second-order valence-corrected chi connectivity index (χ2v) is 5.89. The molecular formula is C18H18N2S. The van der Waals surface area contributed by atoms with Crippen LogP contribution in [0.25, 0.3) is 21.8 Å². The van der Waals surface area contributed by atoms with E-state index in [0.717, 1.165) is 23.8 Å². The second kappa shape index (κ2) is 6.66. The van der Waals surface area contributed by atoms with Crippen molar-refractivity contribution >= 4 is 11.3 Å². The van der Waals surface area contributed by atoms with E-state index in [1.807, 2.05) is 12.1 Å². The number of hydrogen-bond donors (Lipinski definition) is 1. The molecule has 0 aliphatic heterocycles. The summed E-state index contributed by atoms with van der Waals surface area (Å²) >= 11 is 1.77. The minimum Gasteiger partial charge on any atom is -0.312 e. The zero-order chi connectivity index (χ0) is 14.5. The van der Waals surface area contributed by atoms with Gasteiger partial charge in [0.1, 0.15) is 5.01 Å². The topological polar surface area (TPSA) is 24.9 Å². The lowest BCUT2D eigenvalue weighted by atomic mass is 10.1. The van der Waals surface area contributed by atoms with Crippen LogP contribution in [-0.4, -0.2) is 11.5 Å². The molecule has 0 amide bonds. The zero-order valence-corrected chi connectivity index (χ0v) is 12.9. The molecule has 2 aromatic carbocycles. The van der Waals surface area contributed by atoms with Crippen molar-refractivity contribution in [1.82, 2.24) is 10.3 Å². The van der Waals surface area contributed by atoms with Crippen molar-refractivity contribution in [2.75, 3.05) is 6.54 Å². The molecule has 3 rings (SSSR count). The highest BCUT2D eigenvalue weighted by molar-refractivity contribution is 7.15. The number of hydrogen-bond acceptors (Lipinski definition) is 3. The smallest absolute Gasteiger partial charge is 0.124 e. The molecular weight excluding hydrogens is 276 g/mol. The van der Waals surface area contributed by atoms with Gasteiger partial charge in [-0.05, 0) is 6.54 Å². The van der Waals surface area contributed by atoms with Crippen LogP contribution in [0.2, 0.25) is 0 Å². The fourth-order valence-corrected chi connectivity index (χ4v) is 3.29. The Balaban J connectivity index is 2.03. The van der Waals surface area contributed by atoms with Crippen molar-refractivity contribution in [3.8, 4) is 21.8 Å². The summed E-state index contributed by atoms with van der Waals surface area (Å²) in [5.74, 6) is 0. The largest absolute Gasteiger partial charge is 0.312 e. The maximum absolute atomic E-state index is 4.88. The number of nitrogens with zero attached hydrogens (tertiary/aromatic N) is 1. The lowest BCUT2D eigenvalue weighted by molar-refractivity contribution is 0.735. The van der Waals surface area contributed by atoms with Gasteiger partial charge in [0.15, 0.2) is 0 Å². The molecule has 3 aromatic rings. The lowest BCUT2D eigenvalue weighted by Crippen LogP contribution is -2.11. The van der Waals surface area contributed by atoms with E-state index in [2.05, 4.69) is 60.8 Å². The van der Waals surface area contributed by atoms with Gasteiger partial charge >= 0.3 is 0 Å². The minimum atomic E-state index is 0.866. The van der Waals surface area contributed by atoms with Gasteiger partial charge in [-0.25, -0.2) is 4.98 Å². The molecule has 2 nitrogen and oxygen atoms in total. The molecule has 0 aliphatic rings. The Morgan fingerprint density at radius 2 is 1.52 bits per heavy atom. The van der Waals surface area contributed by atoms with E-state index in [9.17, 15) is 0 Å². The zero-order valence-electron chi connectivity index (χ0n) is 12.0. The molecule has 0 spiro atoms. The van der Waals surface area contributed by atoms with E-state index in [1.165, 1.54) is 16.0 Å². The first-order valence-electron chi connectivity index (χ1n) is 7.19. The van der Waals surface area contributed by atoms with Crippen molar-refractivity contribution in [2.45, 2.75) is 13.5 Å². The molecule has 0 radical (unpaired) electrons. The molecule has 0 atom stereocenters. The molecule has 1 heterocycles. The van der Waals surface area contributed by atoms with Gasteiger partial charge in [-0.3, -0.25) is 0 Å². The minimum absolute atomic E-state index is 0.866. The van der Waals surface area contributed by atoms with Crippen LogP contribution in [0, 0.1) is 0 Å². The third kappa shape index (κ3) is 3.20. The third-order valence-corrected chi connectivity index (χ3v) is 4.41. The average Bonchev–Trinajstić information content (AvgIpc) is 2.99. The van der Waals surface area contributed by atoms with Crippen molar-refractivity contribution in [3.63, 3.8) is 0 Å². The fourth-order valence-electron chi connectivity index (χ4n) is 2.24. The van der Waals surface area contributed by atoms with Crippen LogP contribution < -0.4 is 5.32 Å². The Labute approximate surface area is 129 Å². The van der Waals surface area contributed by atoms with Gasteiger partial charge in [0.25, 0.3) is 0 Å². The molecule has 106 valence electrons. The Kier molecular flexibility index (Phi) is 4.43. The van der Waals surface area contributed by atoms with Crippen LogP contribution in [0.1, 0.15) is 11.8 Å². The lowest BCUT2D eigenvalue weighted by Gasteiger charge is -2.02. The Morgan fingerprint density at radius 3 is 2.14 bits per heavy atom. The first-order chi connectivity index (χ1) is 10.4. The van der Waals surface area contributed by atoms with E-state index < -0.39 is 0 Å². The van der Waals surface area contributed by atoms with Gasteiger partial charge in [-0.15, -0.1) is 11.3 Å². The second-order valence-electron chi connectivity index (χ2n) is 4.80. The van der Waals surface area contributed by atoms with Crippen molar-refractivity contribution in [1.29, 1.82) is 0 Å². The molecule has 0 bridgehead atoms. The first-order valence-corrected chi connectivity index (χ1v) is 8.01. The van der Waals surface area contributed by atoms with Crippen LogP contribution >= 0.6 is 11.3 Å². The van der Waals surface area contributed by atoms with E-state index in [1.54, 1.807) is 11.3 Å². The van der Waals surface area contributed by atoms with Gasteiger partial charge < -0.3 is 5.32 Å². The summed E-state index contributed by atoms with van der Waals surface area (Å²) in [5.41, 5.74) is 3.46. The fraction of sp³-hybridized carbons (Fsp3) is 0.167. The normalized spacial score (nSPS) is 10.7. The van der Waals surface area contributed by atoms with Gasteiger partial charge in [0, 0.05) is 22.5 Å². The Morgan fingerprint density at radius 1 is 0.905 bits per heavy atom. The summed E-state index contributed by atoms with van der Waals surface area (Å²) in [6.07, 6.45) is 0. The number of aromatic nitrogens is 1. The van der Waals surface area contributed by atoms with Crippen LogP contribution in [0.4, 0.5) is 0 Å². The highest BCUT2D eigenvalue weighted by atomic mass is 32.1. The summed E-state index contributed by atoms with van der Waals surface area (Å²) in [6.45, 7) is 3.96. The molecule has 3 heteroatoms. The molecule has 21 heavy (non-hydrogen) atoms. The maximum Gasteiger partial charge on any atom is 0.124 e. The van der Waals surface area contributed by atoms with E-state index in [4.69, 9.17) is 4.98 Å². The summed E-state index contributed by atoms with van der Waals surface area (Å²) in [6, 6.07) is 20.8. The van der Waals surface area contributed by atoms with E-state index >= 15 is 0 Å². The van der Waals surface area contributed by atoms with Crippen molar-refractivity contribution in [2.24, 2.45) is 0 Å². The van der Waals surface area contributed by atoms with Crippen LogP contribution in [0.3, 0.4) is 0 Å².